The number of thioether (sulfide) groups is 1. The summed E-state index contributed by atoms with van der Waals surface area (Å²) < 4.78 is 10.0. The van der Waals surface area contributed by atoms with E-state index in [0.29, 0.717) is 29.2 Å². The van der Waals surface area contributed by atoms with Crippen LogP contribution in [0.5, 0.6) is 0 Å². The molecule has 7 nitrogen and oxygen atoms in total. The molecule has 0 aliphatic carbocycles. The minimum absolute atomic E-state index is 0.248. The molecule has 1 aromatic rings. The number of fused-ring (bicyclic) bond motifs is 1. The number of nitrogens with zero attached hydrogens (tertiary/aromatic N) is 2. The molecule has 0 fully saturated rings. The van der Waals surface area contributed by atoms with Crippen LogP contribution in [0.25, 0.3) is 0 Å². The molecule has 0 bridgehead atoms. The molecule has 136 valence electrons. The van der Waals surface area contributed by atoms with E-state index >= 15 is 0 Å². The third kappa shape index (κ3) is 4.52. The predicted octanol–water partition coefficient (Wildman–Crippen LogP) is 1.41. The second kappa shape index (κ2) is 8.35. The Bertz CT molecular complexity index is 677. The SMILES string of the molecule is COC(=O)c1cccc2c1SC[C@@H](OC(C)=O)C(=O)N2CCN(C)C. The molecular formula is C17H22N2O5S. The van der Waals surface area contributed by atoms with Gasteiger partial charge in [-0.05, 0) is 26.2 Å². The van der Waals surface area contributed by atoms with Gasteiger partial charge in [0, 0.05) is 30.7 Å². The summed E-state index contributed by atoms with van der Waals surface area (Å²) in [6, 6.07) is 5.17. The van der Waals surface area contributed by atoms with Gasteiger partial charge in [-0.1, -0.05) is 6.07 Å². The Hall–Kier alpha value is -2.06. The summed E-state index contributed by atoms with van der Waals surface area (Å²) in [6.45, 7) is 2.33. The first-order chi connectivity index (χ1) is 11.8. The van der Waals surface area contributed by atoms with Crippen LogP contribution < -0.4 is 4.90 Å². The van der Waals surface area contributed by atoms with Crippen molar-refractivity contribution in [3.8, 4) is 0 Å². The van der Waals surface area contributed by atoms with Crippen molar-refractivity contribution in [3.63, 3.8) is 0 Å². The van der Waals surface area contributed by atoms with E-state index < -0.39 is 18.0 Å². The zero-order valence-electron chi connectivity index (χ0n) is 14.8. The fourth-order valence-electron chi connectivity index (χ4n) is 2.50. The van der Waals surface area contributed by atoms with E-state index in [2.05, 4.69) is 0 Å². The third-order valence-corrected chi connectivity index (χ3v) is 4.88. The first-order valence-electron chi connectivity index (χ1n) is 7.82. The highest BCUT2D eigenvalue weighted by Gasteiger charge is 2.34. The lowest BCUT2D eigenvalue weighted by molar-refractivity contribution is -0.151. The normalized spacial score (nSPS) is 17.1. The van der Waals surface area contributed by atoms with Crippen LogP contribution in [0.2, 0.25) is 0 Å². The van der Waals surface area contributed by atoms with Gasteiger partial charge in [-0.3, -0.25) is 9.59 Å². The number of likely N-dealkylation sites (N-methyl/N-ethyl adjacent to an activating group) is 1. The number of esters is 2. The summed E-state index contributed by atoms with van der Waals surface area (Å²) in [4.78, 5) is 40.5. The maximum atomic E-state index is 12.9. The van der Waals surface area contributed by atoms with Crippen LogP contribution in [0.3, 0.4) is 0 Å². The Morgan fingerprint density at radius 3 is 2.68 bits per heavy atom. The Kier molecular flexibility index (Phi) is 6.44. The quantitative estimate of drug-likeness (QED) is 0.729. The summed E-state index contributed by atoms with van der Waals surface area (Å²) in [7, 11) is 5.14. The average molecular weight is 366 g/mol. The molecule has 1 amide bonds. The molecule has 1 aliphatic rings. The largest absolute Gasteiger partial charge is 0.465 e. The van der Waals surface area contributed by atoms with E-state index in [1.54, 1.807) is 23.1 Å². The number of anilines is 1. The summed E-state index contributed by atoms with van der Waals surface area (Å²) in [5.74, 6) is -1.01. The van der Waals surface area contributed by atoms with Crippen molar-refractivity contribution in [3.05, 3.63) is 23.8 Å². The van der Waals surface area contributed by atoms with E-state index in [1.807, 2.05) is 19.0 Å². The van der Waals surface area contributed by atoms with Crippen LogP contribution >= 0.6 is 11.8 Å². The monoisotopic (exact) mass is 366 g/mol. The molecule has 0 radical (unpaired) electrons. The van der Waals surface area contributed by atoms with E-state index in [1.165, 1.54) is 25.8 Å². The van der Waals surface area contributed by atoms with Crippen molar-refractivity contribution in [2.45, 2.75) is 17.9 Å². The van der Waals surface area contributed by atoms with Crippen molar-refractivity contribution in [1.29, 1.82) is 0 Å². The van der Waals surface area contributed by atoms with Gasteiger partial charge < -0.3 is 19.3 Å². The molecule has 0 saturated heterocycles. The molecule has 1 heterocycles. The summed E-state index contributed by atoms with van der Waals surface area (Å²) in [5, 5.41) is 0. The van der Waals surface area contributed by atoms with Crippen molar-refractivity contribution >= 4 is 35.3 Å². The summed E-state index contributed by atoms with van der Waals surface area (Å²) in [6.07, 6.45) is -0.887. The van der Waals surface area contributed by atoms with Crippen molar-refractivity contribution < 1.29 is 23.9 Å². The zero-order valence-corrected chi connectivity index (χ0v) is 15.6. The van der Waals surface area contributed by atoms with Gasteiger partial charge in [0.25, 0.3) is 5.91 Å². The summed E-state index contributed by atoms with van der Waals surface area (Å²) in [5.41, 5.74) is 1.03. The average Bonchev–Trinajstić information content (AvgIpc) is 2.69. The molecule has 0 N–H and O–H groups in total. The van der Waals surface area contributed by atoms with Crippen LogP contribution in [0.4, 0.5) is 5.69 Å². The smallest absolute Gasteiger partial charge is 0.339 e. The van der Waals surface area contributed by atoms with Gasteiger partial charge >= 0.3 is 11.9 Å². The van der Waals surface area contributed by atoms with Crippen LogP contribution in [0.1, 0.15) is 17.3 Å². The topological polar surface area (TPSA) is 76.1 Å². The van der Waals surface area contributed by atoms with Gasteiger partial charge in [-0.15, -0.1) is 11.8 Å². The van der Waals surface area contributed by atoms with Gasteiger partial charge in [0.2, 0.25) is 0 Å². The van der Waals surface area contributed by atoms with Gasteiger partial charge in [0.1, 0.15) is 0 Å². The van der Waals surface area contributed by atoms with Crippen molar-refractivity contribution in [2.75, 3.05) is 44.9 Å². The predicted molar refractivity (Wildman–Crippen MR) is 95.0 cm³/mol. The number of carbonyl (C=O) groups is 3. The summed E-state index contributed by atoms with van der Waals surface area (Å²) >= 11 is 1.32. The number of benzene rings is 1. The first kappa shape index (κ1) is 19.3. The maximum Gasteiger partial charge on any atom is 0.339 e. The van der Waals surface area contributed by atoms with Gasteiger partial charge in [-0.25, -0.2) is 4.79 Å². The highest BCUT2D eigenvalue weighted by Crippen LogP contribution is 2.38. The number of carbonyl (C=O) groups excluding carboxylic acids is 3. The van der Waals surface area contributed by atoms with E-state index in [0.717, 1.165) is 0 Å². The Morgan fingerprint density at radius 1 is 1.36 bits per heavy atom. The standard InChI is InChI=1S/C17H22N2O5S/c1-11(20)24-14-10-25-15-12(17(22)23-4)6-5-7-13(15)19(16(14)21)9-8-18(2)3/h5-7,14H,8-10H2,1-4H3/t14-/m1/s1. The van der Waals surface area contributed by atoms with Crippen LogP contribution in [-0.4, -0.2) is 68.9 Å². The molecule has 2 rings (SSSR count). The lowest BCUT2D eigenvalue weighted by Gasteiger charge is -2.26. The lowest BCUT2D eigenvalue weighted by Crippen LogP contribution is -2.44. The molecule has 8 heteroatoms. The first-order valence-corrected chi connectivity index (χ1v) is 8.81. The minimum Gasteiger partial charge on any atom is -0.465 e. The van der Waals surface area contributed by atoms with Gasteiger partial charge in [-0.2, -0.15) is 0 Å². The number of amides is 1. The number of ether oxygens (including phenoxy) is 2. The Labute approximate surface area is 151 Å². The number of rotatable bonds is 5. The molecule has 1 aliphatic heterocycles. The number of hydrogen-bond donors (Lipinski definition) is 0. The van der Waals surface area contributed by atoms with Crippen molar-refractivity contribution in [1.82, 2.24) is 4.90 Å². The van der Waals surface area contributed by atoms with Crippen LogP contribution in [-0.2, 0) is 19.1 Å². The third-order valence-electron chi connectivity index (χ3n) is 3.69. The lowest BCUT2D eigenvalue weighted by atomic mass is 10.1. The number of hydrogen-bond acceptors (Lipinski definition) is 7. The van der Waals surface area contributed by atoms with Crippen LogP contribution in [0, 0.1) is 0 Å². The van der Waals surface area contributed by atoms with E-state index in [9.17, 15) is 14.4 Å². The Balaban J connectivity index is 2.47. The highest BCUT2D eigenvalue weighted by molar-refractivity contribution is 7.99. The fraction of sp³-hybridized carbons (Fsp3) is 0.471. The molecular weight excluding hydrogens is 344 g/mol. The minimum atomic E-state index is -0.887. The van der Waals surface area contributed by atoms with Gasteiger partial charge in [0.05, 0.1) is 18.4 Å². The molecule has 0 aromatic heterocycles. The second-order valence-corrected chi connectivity index (χ2v) is 6.88. The molecule has 1 aromatic carbocycles. The molecule has 25 heavy (non-hydrogen) atoms. The fourth-order valence-corrected chi connectivity index (χ4v) is 3.66. The van der Waals surface area contributed by atoms with Gasteiger partial charge in [0.15, 0.2) is 6.10 Å². The highest BCUT2D eigenvalue weighted by atomic mass is 32.2. The van der Waals surface area contributed by atoms with Crippen molar-refractivity contribution in [2.24, 2.45) is 0 Å². The van der Waals surface area contributed by atoms with E-state index in [-0.39, 0.29) is 11.7 Å². The Morgan fingerprint density at radius 2 is 2.08 bits per heavy atom. The number of methoxy groups -OCH3 is 1. The van der Waals surface area contributed by atoms with E-state index in [4.69, 9.17) is 9.47 Å². The second-order valence-electron chi connectivity index (χ2n) is 5.85. The zero-order chi connectivity index (χ0) is 18.6. The molecule has 0 unspecified atom stereocenters. The molecule has 0 spiro atoms. The maximum absolute atomic E-state index is 12.9. The van der Waals surface area contributed by atoms with Crippen LogP contribution in [0.15, 0.2) is 23.1 Å². The molecule has 0 saturated carbocycles. The molecule has 1 atom stereocenters.